The summed E-state index contributed by atoms with van der Waals surface area (Å²) in [5.74, 6) is -1.10. The number of aromatic nitrogens is 1. The molecule has 1 atom stereocenters. The van der Waals surface area contributed by atoms with E-state index in [1.807, 2.05) is 30.3 Å². The number of alkyl halides is 1. The van der Waals surface area contributed by atoms with Crippen LogP contribution in [0.25, 0.3) is 0 Å². The molecule has 0 spiro atoms. The highest BCUT2D eigenvalue weighted by molar-refractivity contribution is 6.18. The topological polar surface area (TPSA) is 24.9 Å². The van der Waals surface area contributed by atoms with Gasteiger partial charge in [-0.25, -0.2) is 13.8 Å². The van der Waals surface area contributed by atoms with Crippen molar-refractivity contribution in [3.8, 4) is 0 Å². The van der Waals surface area contributed by atoms with Crippen molar-refractivity contribution in [2.75, 3.05) is 11.2 Å². The van der Waals surface area contributed by atoms with Crippen molar-refractivity contribution in [1.82, 2.24) is 4.98 Å². The van der Waals surface area contributed by atoms with Gasteiger partial charge in [0, 0.05) is 18.0 Å². The van der Waals surface area contributed by atoms with Gasteiger partial charge < -0.3 is 5.32 Å². The molecule has 2 rings (SSSR count). The number of hydrogen-bond donors (Lipinski definition) is 1. The Morgan fingerprint density at radius 3 is 2.58 bits per heavy atom. The van der Waals surface area contributed by atoms with E-state index >= 15 is 0 Å². The minimum Gasteiger partial charge on any atom is -0.363 e. The van der Waals surface area contributed by atoms with Gasteiger partial charge in [0.15, 0.2) is 11.6 Å². The zero-order valence-electron chi connectivity index (χ0n) is 10.1. The number of nitrogens with one attached hydrogen (secondary N) is 1. The van der Waals surface area contributed by atoms with E-state index in [2.05, 4.69) is 10.3 Å². The highest BCUT2D eigenvalue weighted by Gasteiger charge is 2.12. The molecular formula is C14H13ClF2N2. The van der Waals surface area contributed by atoms with Crippen LogP contribution < -0.4 is 5.32 Å². The quantitative estimate of drug-likeness (QED) is 0.847. The van der Waals surface area contributed by atoms with Gasteiger partial charge >= 0.3 is 0 Å². The summed E-state index contributed by atoms with van der Waals surface area (Å²) in [6.45, 7) is 0. The molecule has 0 saturated heterocycles. The average Bonchev–Trinajstić information content (AvgIpc) is 2.42. The van der Waals surface area contributed by atoms with E-state index in [1.54, 1.807) is 0 Å². The van der Waals surface area contributed by atoms with Crippen LogP contribution in [0.1, 0.15) is 5.56 Å². The molecule has 1 unspecified atom stereocenters. The van der Waals surface area contributed by atoms with Crippen LogP contribution in [-0.4, -0.2) is 16.9 Å². The average molecular weight is 283 g/mol. The number of rotatable bonds is 5. The van der Waals surface area contributed by atoms with Crippen molar-refractivity contribution in [2.45, 2.75) is 12.5 Å². The Kier molecular flexibility index (Phi) is 4.68. The lowest BCUT2D eigenvalue weighted by atomic mass is 10.1. The minimum atomic E-state index is -0.719. The third kappa shape index (κ3) is 3.89. The highest BCUT2D eigenvalue weighted by Crippen LogP contribution is 2.15. The van der Waals surface area contributed by atoms with Crippen molar-refractivity contribution in [3.63, 3.8) is 0 Å². The monoisotopic (exact) mass is 282 g/mol. The Hall–Kier alpha value is -1.68. The molecule has 100 valence electrons. The predicted molar refractivity (Wildman–Crippen MR) is 72.4 cm³/mol. The van der Waals surface area contributed by atoms with Crippen LogP contribution >= 0.6 is 11.6 Å². The number of halogens is 3. The lowest BCUT2D eigenvalue weighted by Gasteiger charge is -2.17. The summed E-state index contributed by atoms with van der Waals surface area (Å²) < 4.78 is 26.2. The molecule has 0 amide bonds. The van der Waals surface area contributed by atoms with Gasteiger partial charge in [-0.1, -0.05) is 30.3 Å². The molecule has 1 aromatic carbocycles. The minimum absolute atomic E-state index is 0.0166. The first-order valence-electron chi connectivity index (χ1n) is 5.86. The number of hydrogen-bond acceptors (Lipinski definition) is 2. The molecule has 1 aromatic heterocycles. The summed E-state index contributed by atoms with van der Waals surface area (Å²) in [6, 6.07) is 10.3. The van der Waals surface area contributed by atoms with Crippen LogP contribution in [0.4, 0.5) is 14.6 Å². The van der Waals surface area contributed by atoms with Gasteiger partial charge in [0.25, 0.3) is 0 Å². The summed E-state index contributed by atoms with van der Waals surface area (Å²) >= 11 is 5.86. The van der Waals surface area contributed by atoms with E-state index in [0.717, 1.165) is 17.8 Å². The number of nitrogens with zero attached hydrogens (tertiary/aromatic N) is 1. The molecule has 0 bridgehead atoms. The second-order valence-corrected chi connectivity index (χ2v) is 4.48. The second-order valence-electron chi connectivity index (χ2n) is 4.17. The maximum absolute atomic E-state index is 13.5. The van der Waals surface area contributed by atoms with Crippen molar-refractivity contribution in [3.05, 3.63) is 59.8 Å². The summed E-state index contributed by atoms with van der Waals surface area (Å²) in [4.78, 5) is 3.69. The number of pyridine rings is 1. The zero-order chi connectivity index (χ0) is 13.7. The molecule has 2 nitrogen and oxygen atoms in total. The van der Waals surface area contributed by atoms with Gasteiger partial charge in [-0.05, 0) is 12.0 Å². The van der Waals surface area contributed by atoms with Gasteiger partial charge in [0.05, 0.1) is 6.20 Å². The third-order valence-corrected chi connectivity index (χ3v) is 3.03. The smallest absolute Gasteiger partial charge is 0.168 e. The first-order chi connectivity index (χ1) is 9.19. The Labute approximate surface area is 115 Å². The summed E-state index contributed by atoms with van der Waals surface area (Å²) in [5.41, 5.74) is 1.09. The Bertz CT molecular complexity index is 534. The van der Waals surface area contributed by atoms with E-state index in [0.29, 0.717) is 12.3 Å². The molecule has 1 heterocycles. The van der Waals surface area contributed by atoms with Crippen molar-refractivity contribution in [2.24, 2.45) is 0 Å². The number of benzene rings is 1. The fraction of sp³-hybridized carbons (Fsp3) is 0.214. The zero-order valence-corrected chi connectivity index (χ0v) is 10.9. The van der Waals surface area contributed by atoms with E-state index in [1.165, 1.54) is 0 Å². The first kappa shape index (κ1) is 13.7. The fourth-order valence-corrected chi connectivity index (χ4v) is 1.94. The third-order valence-electron chi connectivity index (χ3n) is 2.66. The first-order valence-corrected chi connectivity index (χ1v) is 6.40. The normalized spacial score (nSPS) is 12.2. The van der Waals surface area contributed by atoms with Gasteiger partial charge in [-0.15, -0.1) is 11.6 Å². The van der Waals surface area contributed by atoms with Crippen molar-refractivity contribution in [1.29, 1.82) is 0 Å². The Morgan fingerprint density at radius 2 is 1.95 bits per heavy atom. The molecule has 0 aliphatic rings. The van der Waals surface area contributed by atoms with Gasteiger partial charge in [-0.2, -0.15) is 0 Å². The lowest BCUT2D eigenvalue weighted by molar-refractivity contribution is 0.573. The van der Waals surface area contributed by atoms with Crippen LogP contribution in [-0.2, 0) is 6.42 Å². The van der Waals surface area contributed by atoms with Crippen LogP contribution in [0.5, 0.6) is 0 Å². The summed E-state index contributed by atoms with van der Waals surface area (Å²) in [5, 5.41) is 2.89. The second kappa shape index (κ2) is 6.48. The molecule has 2 aromatic rings. The molecule has 0 aliphatic carbocycles. The predicted octanol–water partition coefficient (Wildman–Crippen LogP) is 3.62. The highest BCUT2D eigenvalue weighted by atomic mass is 35.5. The van der Waals surface area contributed by atoms with Gasteiger partial charge in [-0.3, -0.25) is 0 Å². The molecule has 19 heavy (non-hydrogen) atoms. The maximum atomic E-state index is 13.5. The van der Waals surface area contributed by atoms with Crippen molar-refractivity contribution >= 4 is 17.4 Å². The molecule has 0 fully saturated rings. The van der Waals surface area contributed by atoms with Crippen LogP contribution in [0.3, 0.4) is 0 Å². The maximum Gasteiger partial charge on any atom is 0.168 e. The van der Waals surface area contributed by atoms with Crippen LogP contribution in [0, 0.1) is 11.6 Å². The Balaban J connectivity index is 2.06. The molecule has 0 aliphatic heterocycles. The largest absolute Gasteiger partial charge is 0.363 e. The van der Waals surface area contributed by atoms with Gasteiger partial charge in [0.2, 0.25) is 0 Å². The van der Waals surface area contributed by atoms with Gasteiger partial charge in [0.1, 0.15) is 5.82 Å². The molecule has 0 radical (unpaired) electrons. The lowest BCUT2D eigenvalue weighted by Crippen LogP contribution is -2.25. The van der Waals surface area contributed by atoms with Crippen LogP contribution in [0.15, 0.2) is 42.6 Å². The van der Waals surface area contributed by atoms with Crippen molar-refractivity contribution < 1.29 is 8.78 Å². The standard InChI is InChI=1S/C14H13ClF2N2/c15-8-12(6-10-4-2-1-3-5-10)19-14-13(17)7-11(16)9-18-14/h1-5,7,9,12H,6,8H2,(H,18,19). The van der Waals surface area contributed by atoms with E-state index in [-0.39, 0.29) is 11.9 Å². The van der Waals surface area contributed by atoms with E-state index < -0.39 is 11.6 Å². The SMILES string of the molecule is Fc1cnc(NC(CCl)Cc2ccccc2)c(F)c1. The van der Waals surface area contributed by atoms with E-state index in [9.17, 15) is 8.78 Å². The Morgan fingerprint density at radius 1 is 1.21 bits per heavy atom. The fourth-order valence-electron chi connectivity index (χ4n) is 1.76. The van der Waals surface area contributed by atoms with E-state index in [4.69, 9.17) is 11.6 Å². The number of anilines is 1. The summed E-state index contributed by atoms with van der Waals surface area (Å²) in [6.07, 6.45) is 1.61. The molecular weight excluding hydrogens is 270 g/mol. The summed E-state index contributed by atoms with van der Waals surface area (Å²) in [7, 11) is 0. The van der Waals surface area contributed by atoms with Crippen LogP contribution in [0.2, 0.25) is 0 Å². The molecule has 5 heteroatoms. The molecule has 0 saturated carbocycles. The molecule has 1 N–H and O–H groups in total.